The number of hydrogen-bond donors (Lipinski definition) is 1. The third-order valence-corrected chi connectivity index (χ3v) is 6.73. The van der Waals surface area contributed by atoms with Gasteiger partial charge in [0, 0.05) is 29.4 Å². The first-order valence-electron chi connectivity index (χ1n) is 7.48. The van der Waals surface area contributed by atoms with Gasteiger partial charge in [-0.2, -0.15) is 0 Å². The Morgan fingerprint density at radius 3 is 2.67 bits per heavy atom. The molecule has 0 radical (unpaired) electrons. The summed E-state index contributed by atoms with van der Waals surface area (Å²) in [5, 5.41) is 0. The SMILES string of the molecule is CCCN(CC1CC1)S(=O)(=O)CCSc1ccccc1N. The Labute approximate surface area is 132 Å². The van der Waals surface area contributed by atoms with Crippen molar-refractivity contribution >= 4 is 27.5 Å². The summed E-state index contributed by atoms with van der Waals surface area (Å²) in [6.45, 7) is 3.36. The Kier molecular flexibility index (Phi) is 5.96. The quantitative estimate of drug-likeness (QED) is 0.559. The number of nitrogens with two attached hydrogens (primary N) is 1. The van der Waals surface area contributed by atoms with Gasteiger partial charge in [0.2, 0.25) is 10.0 Å². The minimum Gasteiger partial charge on any atom is -0.398 e. The van der Waals surface area contributed by atoms with E-state index < -0.39 is 10.0 Å². The van der Waals surface area contributed by atoms with E-state index in [4.69, 9.17) is 5.73 Å². The van der Waals surface area contributed by atoms with Crippen LogP contribution in [0.25, 0.3) is 0 Å². The van der Waals surface area contributed by atoms with Crippen LogP contribution in [-0.4, -0.2) is 37.3 Å². The van der Waals surface area contributed by atoms with Gasteiger partial charge in [-0.05, 0) is 37.3 Å². The summed E-state index contributed by atoms with van der Waals surface area (Å²) in [4.78, 5) is 0.955. The molecule has 1 aliphatic carbocycles. The van der Waals surface area contributed by atoms with Crippen LogP contribution in [0.2, 0.25) is 0 Å². The lowest BCUT2D eigenvalue weighted by molar-refractivity contribution is 0.396. The normalized spacial score (nSPS) is 15.5. The monoisotopic (exact) mass is 328 g/mol. The molecule has 1 aliphatic rings. The van der Waals surface area contributed by atoms with E-state index in [2.05, 4.69) is 0 Å². The first-order valence-corrected chi connectivity index (χ1v) is 10.1. The van der Waals surface area contributed by atoms with Crippen molar-refractivity contribution in [3.63, 3.8) is 0 Å². The van der Waals surface area contributed by atoms with E-state index in [0.717, 1.165) is 11.3 Å². The molecular formula is C15H24N2O2S2. The molecule has 21 heavy (non-hydrogen) atoms. The highest BCUT2D eigenvalue weighted by molar-refractivity contribution is 8.00. The van der Waals surface area contributed by atoms with Crippen molar-refractivity contribution in [2.24, 2.45) is 5.92 Å². The predicted molar refractivity (Wildman–Crippen MR) is 90.0 cm³/mol. The van der Waals surface area contributed by atoms with Crippen LogP contribution in [0.5, 0.6) is 0 Å². The maximum atomic E-state index is 12.4. The number of thioether (sulfide) groups is 1. The van der Waals surface area contributed by atoms with Crippen LogP contribution in [0.3, 0.4) is 0 Å². The van der Waals surface area contributed by atoms with Crippen LogP contribution in [0, 0.1) is 5.92 Å². The number of hydrogen-bond acceptors (Lipinski definition) is 4. The molecule has 0 heterocycles. The molecule has 2 rings (SSSR count). The molecule has 0 spiro atoms. The van der Waals surface area contributed by atoms with Crippen molar-refractivity contribution in [2.45, 2.75) is 31.1 Å². The molecule has 0 bridgehead atoms. The van der Waals surface area contributed by atoms with Crippen LogP contribution in [0.15, 0.2) is 29.2 Å². The van der Waals surface area contributed by atoms with Gasteiger partial charge in [-0.3, -0.25) is 0 Å². The minimum atomic E-state index is -3.15. The van der Waals surface area contributed by atoms with Crippen LogP contribution < -0.4 is 5.73 Å². The van der Waals surface area contributed by atoms with Crippen LogP contribution >= 0.6 is 11.8 Å². The number of sulfonamides is 1. The summed E-state index contributed by atoms with van der Waals surface area (Å²) >= 11 is 1.51. The fourth-order valence-electron chi connectivity index (χ4n) is 2.18. The number of anilines is 1. The largest absolute Gasteiger partial charge is 0.398 e. The Morgan fingerprint density at radius 1 is 1.33 bits per heavy atom. The smallest absolute Gasteiger partial charge is 0.214 e. The van der Waals surface area contributed by atoms with Crippen molar-refractivity contribution in [3.05, 3.63) is 24.3 Å². The fraction of sp³-hybridized carbons (Fsp3) is 0.600. The number of benzene rings is 1. The summed E-state index contributed by atoms with van der Waals surface area (Å²) < 4.78 is 26.6. The zero-order chi connectivity index (χ0) is 15.3. The average Bonchev–Trinajstić information content (AvgIpc) is 3.24. The van der Waals surface area contributed by atoms with Crippen molar-refractivity contribution in [2.75, 3.05) is 30.3 Å². The van der Waals surface area contributed by atoms with Crippen molar-refractivity contribution in [1.29, 1.82) is 0 Å². The standard InChI is InChI=1S/C15H24N2O2S2/c1-2-9-17(12-13-7-8-13)21(18,19)11-10-20-15-6-4-3-5-14(15)16/h3-6,13H,2,7-12,16H2,1H3. The lowest BCUT2D eigenvalue weighted by Gasteiger charge is -2.21. The summed E-state index contributed by atoms with van der Waals surface area (Å²) in [5.41, 5.74) is 6.58. The van der Waals surface area contributed by atoms with Gasteiger partial charge in [0.25, 0.3) is 0 Å². The van der Waals surface area contributed by atoms with Gasteiger partial charge in [-0.15, -0.1) is 11.8 Å². The molecule has 0 saturated heterocycles. The second kappa shape index (κ2) is 7.51. The minimum absolute atomic E-state index is 0.179. The van der Waals surface area contributed by atoms with E-state index in [1.54, 1.807) is 4.31 Å². The average molecular weight is 329 g/mol. The lowest BCUT2D eigenvalue weighted by Crippen LogP contribution is -2.36. The molecule has 6 heteroatoms. The molecule has 2 N–H and O–H groups in total. The van der Waals surface area contributed by atoms with Crippen molar-refractivity contribution in [3.8, 4) is 0 Å². The maximum absolute atomic E-state index is 12.4. The molecule has 1 aromatic rings. The molecular weight excluding hydrogens is 304 g/mol. The highest BCUT2D eigenvalue weighted by Crippen LogP contribution is 2.31. The molecule has 0 aliphatic heterocycles. The molecule has 0 unspecified atom stereocenters. The van der Waals surface area contributed by atoms with Gasteiger partial charge < -0.3 is 5.73 Å². The van der Waals surface area contributed by atoms with E-state index in [0.29, 0.717) is 30.4 Å². The van der Waals surface area contributed by atoms with Gasteiger partial charge in [0.05, 0.1) is 5.75 Å². The van der Waals surface area contributed by atoms with Gasteiger partial charge in [0.15, 0.2) is 0 Å². The third-order valence-electron chi connectivity index (χ3n) is 3.54. The van der Waals surface area contributed by atoms with Crippen LogP contribution in [0.4, 0.5) is 5.69 Å². The van der Waals surface area contributed by atoms with E-state index in [1.807, 2.05) is 31.2 Å². The summed E-state index contributed by atoms with van der Waals surface area (Å²) in [6.07, 6.45) is 3.21. The van der Waals surface area contributed by atoms with Gasteiger partial charge in [-0.25, -0.2) is 12.7 Å². The topological polar surface area (TPSA) is 63.4 Å². The molecule has 0 amide bonds. The fourth-order valence-corrected chi connectivity index (χ4v) is 5.14. The number of para-hydroxylation sites is 1. The lowest BCUT2D eigenvalue weighted by atomic mass is 10.3. The Hall–Kier alpha value is -0.720. The Bertz CT molecular complexity index is 557. The van der Waals surface area contributed by atoms with Crippen molar-refractivity contribution in [1.82, 2.24) is 4.31 Å². The summed E-state index contributed by atoms with van der Waals surface area (Å²) in [6, 6.07) is 7.58. The summed E-state index contributed by atoms with van der Waals surface area (Å²) in [5.74, 6) is 1.31. The second-order valence-corrected chi connectivity index (χ2v) is 8.73. The van der Waals surface area contributed by atoms with Gasteiger partial charge >= 0.3 is 0 Å². The van der Waals surface area contributed by atoms with Crippen LogP contribution in [-0.2, 0) is 10.0 Å². The van der Waals surface area contributed by atoms with Crippen molar-refractivity contribution < 1.29 is 8.42 Å². The molecule has 118 valence electrons. The molecule has 0 atom stereocenters. The van der Waals surface area contributed by atoms with E-state index in [1.165, 1.54) is 24.6 Å². The first kappa shape index (κ1) is 16.6. The second-order valence-electron chi connectivity index (χ2n) is 5.50. The summed E-state index contributed by atoms with van der Waals surface area (Å²) in [7, 11) is -3.15. The molecule has 1 saturated carbocycles. The van der Waals surface area contributed by atoms with Gasteiger partial charge in [-0.1, -0.05) is 19.1 Å². The maximum Gasteiger partial charge on any atom is 0.214 e. The number of nitrogens with zero attached hydrogens (tertiary/aromatic N) is 1. The highest BCUT2D eigenvalue weighted by atomic mass is 32.2. The Morgan fingerprint density at radius 2 is 2.05 bits per heavy atom. The third kappa shape index (κ3) is 5.20. The zero-order valence-corrected chi connectivity index (χ0v) is 14.1. The molecule has 1 aromatic carbocycles. The predicted octanol–water partition coefficient (Wildman–Crippen LogP) is 2.81. The van der Waals surface area contributed by atoms with E-state index in [-0.39, 0.29) is 5.75 Å². The molecule has 0 aromatic heterocycles. The van der Waals surface area contributed by atoms with E-state index >= 15 is 0 Å². The highest BCUT2D eigenvalue weighted by Gasteiger charge is 2.29. The van der Waals surface area contributed by atoms with E-state index in [9.17, 15) is 8.42 Å². The number of rotatable bonds is 9. The molecule has 1 fully saturated rings. The number of nitrogen functional groups attached to an aromatic ring is 1. The van der Waals surface area contributed by atoms with Gasteiger partial charge in [0.1, 0.15) is 0 Å². The van der Waals surface area contributed by atoms with Crippen LogP contribution in [0.1, 0.15) is 26.2 Å². The zero-order valence-electron chi connectivity index (χ0n) is 12.5. The molecule has 4 nitrogen and oxygen atoms in total. The Balaban J connectivity index is 1.88. The first-order chi connectivity index (χ1) is 10.0.